The largest absolute Gasteiger partial charge is 0.460 e. The van der Waals surface area contributed by atoms with Crippen LogP contribution in [-0.2, 0) is 22.3 Å². The molecule has 2 fully saturated rings. The summed E-state index contributed by atoms with van der Waals surface area (Å²) in [6.45, 7) is 3.42. The number of nitrogens with one attached hydrogen (secondary N) is 1. The molecule has 1 aliphatic carbocycles. The average molecular weight is 575 g/mol. The minimum Gasteiger partial charge on any atom is -0.460 e. The molecule has 2 heterocycles. The first kappa shape index (κ1) is 28.3. The van der Waals surface area contributed by atoms with Gasteiger partial charge in [0.15, 0.2) is 0 Å². The fraction of sp³-hybridized carbons (Fsp3) is 0.448. The number of fused-ring (bicyclic) bond motifs is 1. The van der Waals surface area contributed by atoms with Gasteiger partial charge in [-0.3, -0.25) is 9.69 Å². The maximum absolute atomic E-state index is 13.2. The number of carbonyl (C=O) groups is 1. The van der Waals surface area contributed by atoms with Gasteiger partial charge in [0.2, 0.25) is 5.91 Å². The van der Waals surface area contributed by atoms with E-state index in [1.807, 2.05) is 23.1 Å². The topological polar surface area (TPSA) is 81.7 Å². The molecule has 212 valence electrons. The third-order valence-corrected chi connectivity index (χ3v) is 7.80. The van der Waals surface area contributed by atoms with Gasteiger partial charge in [-0.2, -0.15) is 18.4 Å². The van der Waals surface area contributed by atoms with Gasteiger partial charge < -0.3 is 19.4 Å². The van der Waals surface area contributed by atoms with Gasteiger partial charge in [-0.1, -0.05) is 11.6 Å². The normalized spacial score (nSPS) is 20.4. The minimum absolute atomic E-state index is 0.00129. The molecule has 1 N–H and O–H groups in total. The van der Waals surface area contributed by atoms with Crippen molar-refractivity contribution in [2.24, 2.45) is 0 Å². The van der Waals surface area contributed by atoms with Crippen molar-refractivity contribution in [1.29, 1.82) is 5.26 Å². The van der Waals surface area contributed by atoms with Crippen molar-refractivity contribution < 1.29 is 27.1 Å². The maximum atomic E-state index is 13.2. The van der Waals surface area contributed by atoms with Crippen LogP contribution in [0.1, 0.15) is 42.6 Å². The summed E-state index contributed by atoms with van der Waals surface area (Å²) in [7, 11) is 0. The first-order valence-corrected chi connectivity index (χ1v) is 13.7. The third kappa shape index (κ3) is 6.89. The molecule has 1 aromatic heterocycles. The van der Waals surface area contributed by atoms with Crippen LogP contribution in [0.25, 0.3) is 11.0 Å². The standard InChI is InChI=1S/C29H30ClF3N4O3/c30-21-2-8-27-20(13-21)14-25(40-27)17-36-9-11-37(12-10-36)28(38)18-39-24-6-4-22(5-7-24)35-23-3-1-19(16-34)26(15-23)29(31,32)33/h1-3,8,13-15,22,24,35H,4-7,9-12,17-18H2. The molecule has 0 bridgehead atoms. The molecular weight excluding hydrogens is 545 g/mol. The smallest absolute Gasteiger partial charge is 0.417 e. The molecule has 1 amide bonds. The molecule has 0 unspecified atom stereocenters. The average Bonchev–Trinajstić information content (AvgIpc) is 3.33. The lowest BCUT2D eigenvalue weighted by atomic mass is 9.92. The Kier molecular flexibility index (Phi) is 8.54. The fourth-order valence-corrected chi connectivity index (χ4v) is 5.56. The predicted molar refractivity (Wildman–Crippen MR) is 145 cm³/mol. The highest BCUT2D eigenvalue weighted by molar-refractivity contribution is 6.31. The summed E-state index contributed by atoms with van der Waals surface area (Å²) >= 11 is 6.06. The number of anilines is 1. The van der Waals surface area contributed by atoms with Crippen molar-refractivity contribution in [1.82, 2.24) is 9.80 Å². The molecule has 0 atom stereocenters. The van der Waals surface area contributed by atoms with E-state index in [4.69, 9.17) is 26.0 Å². The van der Waals surface area contributed by atoms with Crippen LogP contribution in [0.4, 0.5) is 18.9 Å². The van der Waals surface area contributed by atoms with Crippen LogP contribution in [0.2, 0.25) is 5.02 Å². The highest BCUT2D eigenvalue weighted by Gasteiger charge is 2.34. The number of rotatable bonds is 7. The van der Waals surface area contributed by atoms with Crippen LogP contribution in [0.3, 0.4) is 0 Å². The summed E-state index contributed by atoms with van der Waals surface area (Å²) in [6.07, 6.45) is -1.79. The van der Waals surface area contributed by atoms with Gasteiger partial charge in [-0.05, 0) is 68.1 Å². The Morgan fingerprint density at radius 2 is 1.82 bits per heavy atom. The van der Waals surface area contributed by atoms with E-state index in [9.17, 15) is 18.0 Å². The Morgan fingerprint density at radius 1 is 1.07 bits per heavy atom. The fourth-order valence-electron chi connectivity index (χ4n) is 5.38. The van der Waals surface area contributed by atoms with E-state index in [1.54, 1.807) is 12.1 Å². The van der Waals surface area contributed by atoms with Gasteiger partial charge in [0.05, 0.1) is 29.8 Å². The van der Waals surface area contributed by atoms with E-state index in [2.05, 4.69) is 10.2 Å². The Balaban J connectivity index is 1.02. The molecule has 1 saturated heterocycles. The molecule has 2 aromatic carbocycles. The van der Waals surface area contributed by atoms with Gasteiger partial charge in [0, 0.05) is 48.3 Å². The first-order valence-electron chi connectivity index (χ1n) is 13.4. The number of halogens is 4. The van der Waals surface area contributed by atoms with Crippen molar-refractivity contribution in [3.05, 3.63) is 64.4 Å². The Bertz CT molecular complexity index is 1390. The highest BCUT2D eigenvalue weighted by Crippen LogP contribution is 2.34. The van der Waals surface area contributed by atoms with E-state index in [0.29, 0.717) is 56.0 Å². The minimum atomic E-state index is -4.59. The zero-order chi connectivity index (χ0) is 28.3. The molecule has 40 heavy (non-hydrogen) atoms. The molecule has 11 heteroatoms. The molecule has 3 aromatic rings. The van der Waals surface area contributed by atoms with Gasteiger partial charge in [-0.15, -0.1) is 0 Å². The van der Waals surface area contributed by atoms with Gasteiger partial charge in [0.1, 0.15) is 18.0 Å². The SMILES string of the molecule is N#Cc1ccc(NC2CCC(OCC(=O)N3CCN(Cc4cc5cc(Cl)ccc5o4)CC3)CC2)cc1C(F)(F)F. The van der Waals surface area contributed by atoms with Crippen molar-refractivity contribution in [3.63, 3.8) is 0 Å². The number of benzene rings is 2. The molecule has 0 radical (unpaired) electrons. The quantitative estimate of drug-likeness (QED) is 0.369. The lowest BCUT2D eigenvalue weighted by Gasteiger charge is -2.35. The second kappa shape index (κ2) is 12.1. The number of amides is 1. The van der Waals surface area contributed by atoms with Crippen molar-refractivity contribution in [2.45, 2.75) is 50.6 Å². The number of piperazine rings is 1. The summed E-state index contributed by atoms with van der Waals surface area (Å²) in [4.78, 5) is 16.8. The van der Waals surface area contributed by atoms with Crippen LogP contribution in [0.15, 0.2) is 46.9 Å². The summed E-state index contributed by atoms with van der Waals surface area (Å²) < 4.78 is 51.6. The van der Waals surface area contributed by atoms with Crippen LogP contribution >= 0.6 is 11.6 Å². The third-order valence-electron chi connectivity index (χ3n) is 7.57. The predicted octanol–water partition coefficient (Wildman–Crippen LogP) is 6.06. The van der Waals surface area contributed by atoms with E-state index >= 15 is 0 Å². The van der Waals surface area contributed by atoms with E-state index in [1.165, 1.54) is 12.1 Å². The Hall–Kier alpha value is -3.26. The second-order valence-corrected chi connectivity index (χ2v) is 10.8. The Labute approximate surface area is 235 Å². The maximum Gasteiger partial charge on any atom is 0.417 e. The number of hydrogen-bond donors (Lipinski definition) is 1. The number of carbonyl (C=O) groups excluding carboxylic acids is 1. The number of alkyl halides is 3. The number of ether oxygens (including phenoxy) is 1. The number of nitrogens with zero attached hydrogens (tertiary/aromatic N) is 3. The molecule has 0 spiro atoms. The molecule has 2 aliphatic rings. The Morgan fingerprint density at radius 3 is 2.52 bits per heavy atom. The monoisotopic (exact) mass is 574 g/mol. The molecule has 1 aliphatic heterocycles. The van der Waals surface area contributed by atoms with E-state index < -0.39 is 17.3 Å². The number of hydrogen-bond acceptors (Lipinski definition) is 6. The van der Waals surface area contributed by atoms with Crippen molar-refractivity contribution in [3.8, 4) is 6.07 Å². The lowest BCUT2D eigenvalue weighted by Crippen LogP contribution is -2.49. The molecular formula is C29H30ClF3N4O3. The summed E-state index contributed by atoms with van der Waals surface area (Å²) in [5.41, 5.74) is -0.177. The van der Waals surface area contributed by atoms with Crippen molar-refractivity contribution >= 4 is 34.2 Å². The second-order valence-electron chi connectivity index (χ2n) is 10.4. The van der Waals surface area contributed by atoms with E-state index in [0.717, 1.165) is 35.9 Å². The molecule has 1 saturated carbocycles. The summed E-state index contributed by atoms with van der Waals surface area (Å²) in [5.74, 6) is 0.834. The lowest BCUT2D eigenvalue weighted by molar-refractivity contribution is -0.140. The van der Waals surface area contributed by atoms with Crippen LogP contribution in [0, 0.1) is 11.3 Å². The van der Waals surface area contributed by atoms with Gasteiger partial charge in [-0.25, -0.2) is 0 Å². The number of furan rings is 1. The van der Waals surface area contributed by atoms with Crippen LogP contribution in [-0.4, -0.2) is 60.6 Å². The highest BCUT2D eigenvalue weighted by atomic mass is 35.5. The van der Waals surface area contributed by atoms with Crippen LogP contribution in [0.5, 0.6) is 0 Å². The molecule has 7 nitrogen and oxygen atoms in total. The van der Waals surface area contributed by atoms with E-state index in [-0.39, 0.29) is 24.7 Å². The number of nitriles is 1. The zero-order valence-electron chi connectivity index (χ0n) is 21.8. The van der Waals surface area contributed by atoms with Crippen LogP contribution < -0.4 is 5.32 Å². The zero-order valence-corrected chi connectivity index (χ0v) is 22.6. The van der Waals surface area contributed by atoms with Gasteiger partial charge in [0.25, 0.3) is 0 Å². The molecule has 5 rings (SSSR count). The summed E-state index contributed by atoms with van der Waals surface area (Å²) in [6, 6.07) is 12.8. The summed E-state index contributed by atoms with van der Waals surface area (Å²) in [5, 5.41) is 13.8. The first-order chi connectivity index (χ1) is 19.2. The van der Waals surface area contributed by atoms with Crippen molar-refractivity contribution in [2.75, 3.05) is 38.1 Å². The van der Waals surface area contributed by atoms with Gasteiger partial charge >= 0.3 is 6.18 Å².